The zero-order valence-electron chi connectivity index (χ0n) is 8.79. The van der Waals surface area contributed by atoms with Crippen LogP contribution in [0.3, 0.4) is 0 Å². The Bertz CT molecular complexity index is 341. The van der Waals surface area contributed by atoms with Crippen LogP contribution in [0.1, 0.15) is 20.3 Å². The van der Waals surface area contributed by atoms with Gasteiger partial charge in [0.25, 0.3) is 0 Å². The van der Waals surface area contributed by atoms with Crippen molar-refractivity contribution in [3.63, 3.8) is 0 Å². The average Bonchev–Trinajstić information content (AvgIpc) is 2.17. The molecule has 15 heavy (non-hydrogen) atoms. The molecule has 0 saturated carbocycles. The number of carbonyl (C=O) groups excluding carboxylic acids is 1. The number of hydrogen-bond donors (Lipinski definition) is 1. The fourth-order valence-corrected chi connectivity index (χ4v) is 1.17. The largest absolute Gasteiger partial charge is 0.446 e. The normalized spacial score (nSPS) is 11.9. The Balaban J connectivity index is 2.51. The van der Waals surface area contributed by atoms with Gasteiger partial charge in [0, 0.05) is 10.7 Å². The number of carbonyl (C=O) groups is 1. The van der Waals surface area contributed by atoms with E-state index in [1.807, 2.05) is 13.8 Å². The molecule has 82 valence electrons. The average molecular weight is 228 g/mol. The second-order valence-corrected chi connectivity index (χ2v) is 3.70. The van der Waals surface area contributed by atoms with Crippen molar-refractivity contribution in [1.82, 2.24) is 0 Å². The third-order valence-electron chi connectivity index (χ3n) is 1.95. The van der Waals surface area contributed by atoms with E-state index >= 15 is 0 Å². The maximum atomic E-state index is 11.3. The first-order chi connectivity index (χ1) is 7.11. The van der Waals surface area contributed by atoms with E-state index in [9.17, 15) is 4.79 Å². The fraction of sp³-hybridized carbons (Fsp3) is 0.364. The minimum atomic E-state index is -0.452. The van der Waals surface area contributed by atoms with Crippen LogP contribution in [0.15, 0.2) is 24.3 Å². The van der Waals surface area contributed by atoms with E-state index in [0.29, 0.717) is 10.7 Å². The molecule has 3 nitrogen and oxygen atoms in total. The highest BCUT2D eigenvalue weighted by atomic mass is 35.5. The molecule has 0 heterocycles. The summed E-state index contributed by atoms with van der Waals surface area (Å²) in [6.45, 7) is 3.80. The quantitative estimate of drug-likeness (QED) is 0.855. The van der Waals surface area contributed by atoms with E-state index in [4.69, 9.17) is 16.3 Å². The zero-order chi connectivity index (χ0) is 11.3. The molecule has 1 N–H and O–H groups in total. The summed E-state index contributed by atoms with van der Waals surface area (Å²) in [7, 11) is 0. The van der Waals surface area contributed by atoms with Crippen molar-refractivity contribution in [3.8, 4) is 0 Å². The van der Waals surface area contributed by atoms with E-state index in [1.165, 1.54) is 0 Å². The number of benzene rings is 1. The van der Waals surface area contributed by atoms with E-state index in [1.54, 1.807) is 24.3 Å². The number of hydrogen-bond acceptors (Lipinski definition) is 2. The summed E-state index contributed by atoms with van der Waals surface area (Å²) in [5.41, 5.74) is 0.635. The molecule has 0 fully saturated rings. The van der Waals surface area contributed by atoms with Crippen LogP contribution in [0.4, 0.5) is 10.5 Å². The highest BCUT2D eigenvalue weighted by Crippen LogP contribution is 2.15. The number of ether oxygens (including phenoxy) is 1. The second kappa shape index (κ2) is 5.61. The van der Waals surface area contributed by atoms with Gasteiger partial charge in [0.15, 0.2) is 0 Å². The number of nitrogens with one attached hydrogen (secondary N) is 1. The van der Waals surface area contributed by atoms with Gasteiger partial charge in [-0.2, -0.15) is 0 Å². The maximum Gasteiger partial charge on any atom is 0.411 e. The molecule has 1 aromatic rings. The van der Waals surface area contributed by atoms with Crippen LogP contribution in [0.2, 0.25) is 5.02 Å². The van der Waals surface area contributed by atoms with Gasteiger partial charge < -0.3 is 4.74 Å². The molecule has 1 atom stereocenters. The summed E-state index contributed by atoms with van der Waals surface area (Å²) in [5, 5.41) is 3.18. The summed E-state index contributed by atoms with van der Waals surface area (Å²) >= 11 is 5.77. The summed E-state index contributed by atoms with van der Waals surface area (Å²) in [6, 6.07) is 6.93. The van der Waals surface area contributed by atoms with Crippen LogP contribution in [0, 0.1) is 0 Å². The Hall–Kier alpha value is -1.22. The highest BCUT2D eigenvalue weighted by Gasteiger charge is 2.07. The van der Waals surface area contributed by atoms with E-state index in [2.05, 4.69) is 5.32 Å². The number of halogens is 1. The third kappa shape index (κ3) is 4.21. The molecule has 0 unspecified atom stereocenters. The Morgan fingerprint density at radius 1 is 1.60 bits per heavy atom. The van der Waals surface area contributed by atoms with Crippen LogP contribution in [-0.4, -0.2) is 12.2 Å². The SMILES string of the molecule is CC[C@H](C)OC(=O)Nc1cccc(Cl)c1. The van der Waals surface area contributed by atoms with Gasteiger partial charge in [0.1, 0.15) is 6.10 Å². The molecule has 1 rings (SSSR count). The molecule has 1 amide bonds. The predicted molar refractivity (Wildman–Crippen MR) is 61.3 cm³/mol. The first kappa shape index (κ1) is 11.9. The lowest BCUT2D eigenvalue weighted by Gasteiger charge is -2.11. The highest BCUT2D eigenvalue weighted by molar-refractivity contribution is 6.30. The summed E-state index contributed by atoms with van der Waals surface area (Å²) < 4.78 is 5.05. The van der Waals surface area contributed by atoms with Crippen molar-refractivity contribution >= 4 is 23.4 Å². The number of anilines is 1. The number of rotatable bonds is 3. The first-order valence-electron chi connectivity index (χ1n) is 4.85. The lowest BCUT2D eigenvalue weighted by Crippen LogP contribution is -2.19. The van der Waals surface area contributed by atoms with Crippen molar-refractivity contribution in [3.05, 3.63) is 29.3 Å². The van der Waals surface area contributed by atoms with Gasteiger partial charge >= 0.3 is 6.09 Å². The lowest BCUT2D eigenvalue weighted by atomic mass is 10.3. The van der Waals surface area contributed by atoms with Crippen molar-refractivity contribution in [2.45, 2.75) is 26.4 Å². The second-order valence-electron chi connectivity index (χ2n) is 3.26. The Kier molecular flexibility index (Phi) is 4.43. The monoisotopic (exact) mass is 227 g/mol. The molecule has 0 aliphatic heterocycles. The zero-order valence-corrected chi connectivity index (χ0v) is 9.54. The van der Waals surface area contributed by atoms with Gasteiger partial charge in [-0.25, -0.2) is 4.79 Å². The Labute approximate surface area is 94.4 Å². The maximum absolute atomic E-state index is 11.3. The standard InChI is InChI=1S/C11H14ClNO2/c1-3-8(2)15-11(14)13-10-6-4-5-9(12)7-10/h4-8H,3H2,1-2H3,(H,13,14)/t8-/m0/s1. The summed E-state index contributed by atoms with van der Waals surface area (Å²) in [5.74, 6) is 0. The summed E-state index contributed by atoms with van der Waals surface area (Å²) in [4.78, 5) is 11.3. The predicted octanol–water partition coefficient (Wildman–Crippen LogP) is 3.69. The van der Waals surface area contributed by atoms with Crippen LogP contribution >= 0.6 is 11.6 Å². The molecule has 1 aromatic carbocycles. The minimum Gasteiger partial charge on any atom is -0.446 e. The molecule has 4 heteroatoms. The summed E-state index contributed by atoms with van der Waals surface area (Å²) in [6.07, 6.45) is 0.263. The van der Waals surface area contributed by atoms with E-state index in [-0.39, 0.29) is 6.10 Å². The van der Waals surface area contributed by atoms with Gasteiger partial charge in [-0.1, -0.05) is 24.6 Å². The molecule has 0 aromatic heterocycles. The van der Waals surface area contributed by atoms with Crippen molar-refractivity contribution in [1.29, 1.82) is 0 Å². The number of amides is 1. The topological polar surface area (TPSA) is 38.3 Å². The third-order valence-corrected chi connectivity index (χ3v) is 2.19. The van der Waals surface area contributed by atoms with Gasteiger partial charge in [-0.15, -0.1) is 0 Å². The molecule has 0 saturated heterocycles. The molecule has 0 aliphatic carbocycles. The lowest BCUT2D eigenvalue weighted by molar-refractivity contribution is 0.118. The Morgan fingerprint density at radius 3 is 2.93 bits per heavy atom. The minimum absolute atomic E-state index is 0.0795. The smallest absolute Gasteiger partial charge is 0.411 e. The first-order valence-corrected chi connectivity index (χ1v) is 5.22. The van der Waals surface area contributed by atoms with Crippen LogP contribution < -0.4 is 5.32 Å². The van der Waals surface area contributed by atoms with E-state index < -0.39 is 6.09 Å². The molecule has 0 spiro atoms. The van der Waals surface area contributed by atoms with Gasteiger partial charge in [0.2, 0.25) is 0 Å². The van der Waals surface area contributed by atoms with E-state index in [0.717, 1.165) is 6.42 Å². The van der Waals surface area contributed by atoms with Crippen molar-refractivity contribution < 1.29 is 9.53 Å². The van der Waals surface area contributed by atoms with Crippen LogP contribution in [0.25, 0.3) is 0 Å². The van der Waals surface area contributed by atoms with Gasteiger partial charge in [-0.3, -0.25) is 5.32 Å². The molecule has 0 bridgehead atoms. The van der Waals surface area contributed by atoms with Crippen molar-refractivity contribution in [2.75, 3.05) is 5.32 Å². The molecular weight excluding hydrogens is 214 g/mol. The molecule has 0 radical (unpaired) electrons. The van der Waals surface area contributed by atoms with Crippen LogP contribution in [0.5, 0.6) is 0 Å². The fourth-order valence-electron chi connectivity index (χ4n) is 0.980. The van der Waals surface area contributed by atoms with Gasteiger partial charge in [-0.05, 0) is 31.5 Å². The van der Waals surface area contributed by atoms with Crippen molar-refractivity contribution in [2.24, 2.45) is 0 Å². The Morgan fingerprint density at radius 2 is 2.33 bits per heavy atom. The van der Waals surface area contributed by atoms with Crippen LogP contribution in [-0.2, 0) is 4.74 Å². The molecule has 0 aliphatic rings. The van der Waals surface area contributed by atoms with Gasteiger partial charge in [0.05, 0.1) is 0 Å². The molecular formula is C11H14ClNO2.